The van der Waals surface area contributed by atoms with E-state index in [1.165, 1.54) is 23.1 Å². The van der Waals surface area contributed by atoms with Crippen molar-refractivity contribution in [2.45, 2.75) is 58.8 Å². The Labute approximate surface area is 166 Å². The maximum absolute atomic E-state index is 12.8. The molecule has 2 aromatic heterocycles. The second-order valence-corrected chi connectivity index (χ2v) is 8.42. The number of hydrogen-bond acceptors (Lipinski definition) is 6. The number of fused-ring (bicyclic) bond motifs is 1. The summed E-state index contributed by atoms with van der Waals surface area (Å²) in [6.07, 6.45) is 0.840. The van der Waals surface area contributed by atoms with Gasteiger partial charge >= 0.3 is 0 Å². The van der Waals surface area contributed by atoms with Crippen LogP contribution < -0.4 is 16.2 Å². The summed E-state index contributed by atoms with van der Waals surface area (Å²) in [5, 5.41) is 6.61. The minimum atomic E-state index is -0.601. The lowest BCUT2D eigenvalue weighted by molar-refractivity contribution is -0.127. The van der Waals surface area contributed by atoms with E-state index in [0.29, 0.717) is 28.5 Å². The zero-order chi connectivity index (χ0) is 20.1. The number of aryl methyl sites for hydroxylation is 2. The van der Waals surface area contributed by atoms with E-state index in [4.69, 9.17) is 0 Å². The molecule has 7 nitrogen and oxygen atoms in total. The van der Waals surface area contributed by atoms with Gasteiger partial charge in [-0.15, -0.1) is 11.3 Å². The van der Waals surface area contributed by atoms with Gasteiger partial charge in [0.05, 0.1) is 11.1 Å². The Bertz CT molecular complexity index is 904. The van der Waals surface area contributed by atoms with E-state index in [9.17, 15) is 14.4 Å². The molecular weight excluding hydrogens is 384 g/mol. The summed E-state index contributed by atoms with van der Waals surface area (Å²) in [5.41, 5.74) is 0.899. The van der Waals surface area contributed by atoms with Gasteiger partial charge in [-0.25, -0.2) is 4.98 Å². The molecule has 0 aromatic carbocycles. The van der Waals surface area contributed by atoms with Crippen LogP contribution in [0.3, 0.4) is 0 Å². The molecule has 9 heteroatoms. The van der Waals surface area contributed by atoms with Crippen molar-refractivity contribution in [2.24, 2.45) is 0 Å². The zero-order valence-corrected chi connectivity index (χ0v) is 18.0. The van der Waals surface area contributed by atoms with E-state index < -0.39 is 6.04 Å². The molecule has 2 heterocycles. The summed E-state index contributed by atoms with van der Waals surface area (Å²) in [4.78, 5) is 43.2. The number of nitrogens with one attached hydrogen (secondary N) is 2. The molecule has 0 bridgehead atoms. The minimum absolute atomic E-state index is 0.0698. The van der Waals surface area contributed by atoms with Crippen LogP contribution in [0.15, 0.2) is 9.95 Å². The third kappa shape index (κ3) is 4.90. The number of thioether (sulfide) groups is 1. The van der Waals surface area contributed by atoms with E-state index in [2.05, 4.69) is 15.6 Å². The molecule has 0 radical (unpaired) electrons. The number of thiophene rings is 1. The number of carbonyl (C=O) groups is 2. The summed E-state index contributed by atoms with van der Waals surface area (Å²) in [6, 6.07) is -0.601. The molecule has 0 aliphatic rings. The van der Waals surface area contributed by atoms with Crippen LogP contribution in [-0.4, -0.2) is 39.7 Å². The molecule has 27 heavy (non-hydrogen) atoms. The largest absolute Gasteiger partial charge is 0.354 e. The molecule has 2 aromatic rings. The third-order valence-corrected chi connectivity index (χ3v) is 6.30. The van der Waals surface area contributed by atoms with E-state index >= 15 is 0 Å². The Hall–Kier alpha value is -1.87. The predicted molar refractivity (Wildman–Crippen MR) is 111 cm³/mol. The van der Waals surface area contributed by atoms with Crippen LogP contribution in [0, 0.1) is 13.8 Å². The standard InChI is InChI=1S/C18H26N4O3S2/c1-6-8-19-15(24)11(4)20-13(23)9-26-18-21-16-14(10(3)12(5)27-16)17(25)22(18)7-2/h11H,6-9H2,1-5H3,(H,19,24)(H,20,23)/t11-/m0/s1. The van der Waals surface area contributed by atoms with Gasteiger partial charge in [-0.3, -0.25) is 19.0 Å². The fourth-order valence-electron chi connectivity index (χ4n) is 2.58. The SMILES string of the molecule is CCCNC(=O)[C@H](C)NC(=O)CSc1nc2sc(C)c(C)c2c(=O)n1CC. The first-order valence-electron chi connectivity index (χ1n) is 9.00. The minimum Gasteiger partial charge on any atom is -0.354 e. The molecule has 0 fully saturated rings. The van der Waals surface area contributed by atoms with Crippen molar-refractivity contribution in [3.8, 4) is 0 Å². The second-order valence-electron chi connectivity index (χ2n) is 6.28. The Morgan fingerprint density at radius 1 is 1.30 bits per heavy atom. The molecule has 2 amide bonds. The van der Waals surface area contributed by atoms with Gasteiger partial charge in [0.15, 0.2) is 5.16 Å². The fourth-order valence-corrected chi connectivity index (χ4v) is 4.52. The topological polar surface area (TPSA) is 93.1 Å². The summed E-state index contributed by atoms with van der Waals surface area (Å²) in [6.45, 7) is 10.5. The van der Waals surface area contributed by atoms with Crippen molar-refractivity contribution in [3.05, 3.63) is 20.8 Å². The normalized spacial score (nSPS) is 12.2. The smallest absolute Gasteiger partial charge is 0.263 e. The van der Waals surface area contributed by atoms with Gasteiger partial charge in [0.1, 0.15) is 10.9 Å². The summed E-state index contributed by atoms with van der Waals surface area (Å²) in [7, 11) is 0. The van der Waals surface area contributed by atoms with E-state index in [1.807, 2.05) is 27.7 Å². The lowest BCUT2D eigenvalue weighted by Crippen LogP contribution is -2.45. The molecular formula is C18H26N4O3S2. The van der Waals surface area contributed by atoms with Gasteiger partial charge in [-0.05, 0) is 39.7 Å². The van der Waals surface area contributed by atoms with E-state index in [0.717, 1.165) is 16.9 Å². The number of amides is 2. The highest BCUT2D eigenvalue weighted by atomic mass is 32.2. The first-order chi connectivity index (χ1) is 12.8. The van der Waals surface area contributed by atoms with Crippen LogP contribution >= 0.6 is 23.1 Å². The Balaban J connectivity index is 2.11. The van der Waals surface area contributed by atoms with Crippen LogP contribution in [-0.2, 0) is 16.1 Å². The molecule has 0 aliphatic heterocycles. The van der Waals surface area contributed by atoms with E-state index in [1.54, 1.807) is 11.5 Å². The first kappa shape index (κ1) is 21.4. The highest BCUT2D eigenvalue weighted by Crippen LogP contribution is 2.28. The van der Waals surface area contributed by atoms with Gasteiger partial charge in [-0.1, -0.05) is 18.7 Å². The van der Waals surface area contributed by atoms with Crippen molar-refractivity contribution in [2.75, 3.05) is 12.3 Å². The Morgan fingerprint density at radius 3 is 2.63 bits per heavy atom. The average molecular weight is 411 g/mol. The highest BCUT2D eigenvalue weighted by molar-refractivity contribution is 7.99. The van der Waals surface area contributed by atoms with Crippen LogP contribution in [0.1, 0.15) is 37.6 Å². The molecule has 0 unspecified atom stereocenters. The molecule has 0 saturated carbocycles. The van der Waals surface area contributed by atoms with Crippen molar-refractivity contribution >= 4 is 45.1 Å². The first-order valence-corrected chi connectivity index (χ1v) is 10.8. The lowest BCUT2D eigenvalue weighted by atomic mass is 10.2. The highest BCUT2D eigenvalue weighted by Gasteiger charge is 2.18. The van der Waals surface area contributed by atoms with Crippen molar-refractivity contribution in [1.82, 2.24) is 20.2 Å². The second kappa shape index (κ2) is 9.36. The molecule has 2 N–H and O–H groups in total. The van der Waals surface area contributed by atoms with Crippen molar-refractivity contribution in [3.63, 3.8) is 0 Å². The van der Waals surface area contributed by atoms with Crippen molar-refractivity contribution in [1.29, 1.82) is 0 Å². The molecule has 148 valence electrons. The Kier molecular flexibility index (Phi) is 7.43. The summed E-state index contributed by atoms with van der Waals surface area (Å²) >= 11 is 2.70. The number of carbonyl (C=O) groups excluding carboxylic acids is 2. The quantitative estimate of drug-likeness (QED) is 0.514. The predicted octanol–water partition coefficient (Wildman–Crippen LogP) is 2.22. The van der Waals surface area contributed by atoms with Crippen LogP contribution in [0.2, 0.25) is 0 Å². The average Bonchev–Trinajstić information content (AvgIpc) is 2.92. The van der Waals surface area contributed by atoms with E-state index in [-0.39, 0.29) is 23.1 Å². The maximum atomic E-state index is 12.8. The molecule has 1 atom stereocenters. The van der Waals surface area contributed by atoms with Gasteiger partial charge in [0.25, 0.3) is 5.56 Å². The van der Waals surface area contributed by atoms with Gasteiger partial charge in [-0.2, -0.15) is 0 Å². The van der Waals surface area contributed by atoms with Gasteiger partial charge in [0, 0.05) is 18.0 Å². The zero-order valence-electron chi connectivity index (χ0n) is 16.3. The molecule has 2 rings (SSSR count). The fraction of sp³-hybridized carbons (Fsp3) is 0.556. The number of rotatable bonds is 8. The van der Waals surface area contributed by atoms with Gasteiger partial charge < -0.3 is 10.6 Å². The monoisotopic (exact) mass is 410 g/mol. The van der Waals surface area contributed by atoms with Crippen molar-refractivity contribution < 1.29 is 9.59 Å². The summed E-state index contributed by atoms with van der Waals surface area (Å²) in [5.74, 6) is -0.383. The Morgan fingerprint density at radius 2 is 2.00 bits per heavy atom. The third-order valence-electron chi connectivity index (χ3n) is 4.22. The lowest BCUT2D eigenvalue weighted by Gasteiger charge is -2.14. The van der Waals surface area contributed by atoms with Crippen LogP contribution in [0.25, 0.3) is 10.2 Å². The molecule has 0 aliphatic carbocycles. The van der Waals surface area contributed by atoms with Crippen LogP contribution in [0.5, 0.6) is 0 Å². The summed E-state index contributed by atoms with van der Waals surface area (Å²) < 4.78 is 1.59. The maximum Gasteiger partial charge on any atom is 0.263 e. The number of aromatic nitrogens is 2. The molecule has 0 spiro atoms. The van der Waals surface area contributed by atoms with Gasteiger partial charge in [0.2, 0.25) is 11.8 Å². The molecule has 0 saturated heterocycles. The number of nitrogens with zero attached hydrogens (tertiary/aromatic N) is 2. The van der Waals surface area contributed by atoms with Crippen LogP contribution in [0.4, 0.5) is 0 Å². The number of hydrogen-bond donors (Lipinski definition) is 2.